The number of hydrogen-bond donors (Lipinski definition) is 1. The lowest BCUT2D eigenvalue weighted by Crippen LogP contribution is -2.21. The molecule has 0 aliphatic rings. The number of amides is 1. The van der Waals surface area contributed by atoms with Gasteiger partial charge in [-0.1, -0.05) is 11.6 Å². The Hall–Kier alpha value is -2.26. The van der Waals surface area contributed by atoms with Crippen LogP contribution in [0.25, 0.3) is 0 Å². The van der Waals surface area contributed by atoms with Gasteiger partial charge < -0.3 is 10.1 Å². The van der Waals surface area contributed by atoms with Gasteiger partial charge in [0.1, 0.15) is 5.03 Å². The third-order valence-corrected chi connectivity index (χ3v) is 4.12. The second kappa shape index (κ2) is 8.41. The smallest absolute Gasteiger partial charge is 0.417 e. The molecule has 2 aromatic rings. The number of nitrogens with one attached hydrogen (secondary N) is 1. The van der Waals surface area contributed by atoms with Gasteiger partial charge in [0.05, 0.1) is 16.1 Å². The van der Waals surface area contributed by atoms with E-state index < -0.39 is 35.2 Å². The molecule has 10 heteroatoms. The van der Waals surface area contributed by atoms with E-state index in [1.165, 1.54) is 30.1 Å². The Labute approximate surface area is 155 Å². The van der Waals surface area contributed by atoms with Crippen molar-refractivity contribution in [2.24, 2.45) is 0 Å². The molecule has 138 valence electrons. The van der Waals surface area contributed by atoms with Gasteiger partial charge in [0.2, 0.25) is 0 Å². The van der Waals surface area contributed by atoms with Gasteiger partial charge in [-0.05, 0) is 36.6 Å². The Balaban J connectivity index is 2.00. The maximum absolute atomic E-state index is 12.8. The summed E-state index contributed by atoms with van der Waals surface area (Å²) in [6.07, 6.45) is -1.42. The number of anilines is 1. The molecule has 0 spiro atoms. The van der Waals surface area contributed by atoms with Crippen molar-refractivity contribution in [3.8, 4) is 0 Å². The van der Waals surface area contributed by atoms with E-state index in [0.29, 0.717) is 11.1 Å². The number of hydrogen-bond acceptors (Lipinski definition) is 5. The molecule has 1 aromatic heterocycles. The highest BCUT2D eigenvalue weighted by molar-refractivity contribution is 7.98. The molecule has 0 aliphatic carbocycles. The van der Waals surface area contributed by atoms with E-state index in [1.807, 2.05) is 0 Å². The van der Waals surface area contributed by atoms with E-state index in [1.54, 1.807) is 12.3 Å². The average molecular weight is 405 g/mol. The zero-order valence-electron chi connectivity index (χ0n) is 13.3. The van der Waals surface area contributed by atoms with Crippen LogP contribution in [0.4, 0.5) is 18.9 Å². The molecule has 0 saturated carbocycles. The van der Waals surface area contributed by atoms with Gasteiger partial charge in [0.15, 0.2) is 6.61 Å². The van der Waals surface area contributed by atoms with Crippen molar-refractivity contribution in [2.45, 2.75) is 11.2 Å². The quantitative estimate of drug-likeness (QED) is 0.595. The Morgan fingerprint density at radius 1 is 1.31 bits per heavy atom. The first-order valence-corrected chi connectivity index (χ1v) is 8.65. The SMILES string of the molecule is CSc1ncccc1C(=O)OCC(=O)Nc1ccc(Cl)c(C(F)(F)F)c1. The summed E-state index contributed by atoms with van der Waals surface area (Å²) in [5, 5.41) is 2.17. The number of aromatic nitrogens is 1. The summed E-state index contributed by atoms with van der Waals surface area (Å²) in [5.41, 5.74) is -0.999. The third kappa shape index (κ3) is 5.12. The minimum atomic E-state index is -4.65. The highest BCUT2D eigenvalue weighted by atomic mass is 35.5. The fourth-order valence-corrected chi connectivity index (χ4v) is 2.70. The fraction of sp³-hybridized carbons (Fsp3) is 0.188. The van der Waals surface area contributed by atoms with E-state index in [9.17, 15) is 22.8 Å². The van der Waals surface area contributed by atoms with Crippen LogP contribution < -0.4 is 5.32 Å². The Kier molecular flexibility index (Phi) is 6.49. The molecule has 0 atom stereocenters. The van der Waals surface area contributed by atoms with Crippen LogP contribution in [0.5, 0.6) is 0 Å². The van der Waals surface area contributed by atoms with Gasteiger partial charge in [0, 0.05) is 11.9 Å². The first-order chi connectivity index (χ1) is 12.2. The molecule has 0 radical (unpaired) electrons. The highest BCUT2D eigenvalue weighted by Gasteiger charge is 2.33. The largest absolute Gasteiger partial charge is 0.452 e. The van der Waals surface area contributed by atoms with Crippen molar-refractivity contribution in [1.82, 2.24) is 4.98 Å². The highest BCUT2D eigenvalue weighted by Crippen LogP contribution is 2.36. The van der Waals surface area contributed by atoms with Crippen LogP contribution in [0.1, 0.15) is 15.9 Å². The first kappa shape index (κ1) is 20.1. The zero-order valence-corrected chi connectivity index (χ0v) is 14.8. The van der Waals surface area contributed by atoms with Crippen LogP contribution in [0.15, 0.2) is 41.6 Å². The minimum Gasteiger partial charge on any atom is -0.452 e. The van der Waals surface area contributed by atoms with Crippen molar-refractivity contribution in [1.29, 1.82) is 0 Å². The molecule has 26 heavy (non-hydrogen) atoms. The monoisotopic (exact) mass is 404 g/mol. The third-order valence-electron chi connectivity index (χ3n) is 3.07. The molecular formula is C16H12ClF3N2O3S. The van der Waals surface area contributed by atoms with Crippen molar-refractivity contribution in [3.05, 3.63) is 52.7 Å². The van der Waals surface area contributed by atoms with E-state index in [0.717, 1.165) is 6.07 Å². The van der Waals surface area contributed by atoms with Crippen molar-refractivity contribution >= 4 is 40.9 Å². The summed E-state index contributed by atoms with van der Waals surface area (Å²) >= 11 is 6.74. The number of alkyl halides is 3. The van der Waals surface area contributed by atoms with Gasteiger partial charge >= 0.3 is 12.1 Å². The standard InChI is InChI=1S/C16H12ClF3N2O3S/c1-26-14-10(3-2-6-21-14)15(24)25-8-13(23)22-9-4-5-12(17)11(7-9)16(18,19)20/h2-7H,8H2,1H3,(H,22,23). The lowest BCUT2D eigenvalue weighted by atomic mass is 10.2. The van der Waals surface area contributed by atoms with Gasteiger partial charge in [-0.25, -0.2) is 9.78 Å². The van der Waals surface area contributed by atoms with E-state index in [4.69, 9.17) is 16.3 Å². The maximum Gasteiger partial charge on any atom is 0.417 e. The number of halogens is 4. The number of thioether (sulfide) groups is 1. The second-order valence-corrected chi connectivity index (χ2v) is 6.08. The fourth-order valence-electron chi connectivity index (χ4n) is 1.94. The predicted molar refractivity (Wildman–Crippen MR) is 91.4 cm³/mol. The molecule has 0 bridgehead atoms. The lowest BCUT2D eigenvalue weighted by Gasteiger charge is -2.12. The molecule has 1 N–H and O–H groups in total. The predicted octanol–water partition coefficient (Wildman–Crippen LogP) is 4.27. The number of benzene rings is 1. The molecule has 1 heterocycles. The van der Waals surface area contributed by atoms with Crippen molar-refractivity contribution < 1.29 is 27.5 Å². The Morgan fingerprint density at radius 2 is 2.04 bits per heavy atom. The first-order valence-electron chi connectivity index (χ1n) is 7.05. The number of rotatable bonds is 5. The lowest BCUT2D eigenvalue weighted by molar-refractivity contribution is -0.137. The molecule has 2 rings (SSSR count). The molecule has 0 saturated heterocycles. The number of carbonyl (C=O) groups excluding carboxylic acids is 2. The number of esters is 1. The second-order valence-electron chi connectivity index (χ2n) is 4.88. The zero-order chi connectivity index (χ0) is 19.3. The van der Waals surface area contributed by atoms with E-state index >= 15 is 0 Å². The summed E-state index contributed by atoms with van der Waals surface area (Å²) in [6.45, 7) is -0.661. The summed E-state index contributed by atoms with van der Waals surface area (Å²) in [5.74, 6) is -1.55. The van der Waals surface area contributed by atoms with E-state index in [-0.39, 0.29) is 11.3 Å². The number of ether oxygens (including phenoxy) is 1. The molecule has 0 unspecified atom stereocenters. The van der Waals surface area contributed by atoms with Crippen LogP contribution in [0.3, 0.4) is 0 Å². The maximum atomic E-state index is 12.8. The molecule has 0 fully saturated rings. The molecular weight excluding hydrogens is 393 g/mol. The van der Waals surface area contributed by atoms with Gasteiger partial charge in [-0.3, -0.25) is 4.79 Å². The average Bonchev–Trinajstić information content (AvgIpc) is 2.60. The Morgan fingerprint density at radius 3 is 2.69 bits per heavy atom. The molecule has 5 nitrogen and oxygen atoms in total. The summed E-state index contributed by atoms with van der Waals surface area (Å²) < 4.78 is 43.3. The van der Waals surface area contributed by atoms with Gasteiger partial charge in [0.25, 0.3) is 5.91 Å². The van der Waals surface area contributed by atoms with Gasteiger partial charge in [-0.15, -0.1) is 11.8 Å². The van der Waals surface area contributed by atoms with E-state index in [2.05, 4.69) is 10.3 Å². The van der Waals surface area contributed by atoms with Crippen LogP contribution in [-0.2, 0) is 15.7 Å². The topological polar surface area (TPSA) is 68.3 Å². The van der Waals surface area contributed by atoms with Crippen molar-refractivity contribution in [2.75, 3.05) is 18.2 Å². The normalized spacial score (nSPS) is 11.1. The summed E-state index contributed by atoms with van der Waals surface area (Å²) in [6, 6.07) is 5.97. The summed E-state index contributed by atoms with van der Waals surface area (Å²) in [4.78, 5) is 27.8. The summed E-state index contributed by atoms with van der Waals surface area (Å²) in [7, 11) is 0. The molecule has 1 amide bonds. The van der Waals surface area contributed by atoms with Crippen LogP contribution in [0.2, 0.25) is 5.02 Å². The number of nitrogens with zero attached hydrogens (tertiary/aromatic N) is 1. The van der Waals surface area contributed by atoms with Crippen LogP contribution >= 0.6 is 23.4 Å². The van der Waals surface area contributed by atoms with Gasteiger partial charge in [-0.2, -0.15) is 13.2 Å². The Bertz CT molecular complexity index is 831. The van der Waals surface area contributed by atoms with Crippen molar-refractivity contribution in [3.63, 3.8) is 0 Å². The number of pyridine rings is 1. The minimum absolute atomic E-state index is 0.117. The molecule has 0 aliphatic heterocycles. The number of carbonyl (C=O) groups is 2. The molecule has 1 aromatic carbocycles. The van der Waals surface area contributed by atoms with Crippen LogP contribution in [0, 0.1) is 0 Å². The van der Waals surface area contributed by atoms with Crippen LogP contribution in [-0.4, -0.2) is 29.7 Å².